The van der Waals surface area contributed by atoms with Gasteiger partial charge in [0.15, 0.2) is 0 Å². The van der Waals surface area contributed by atoms with Gasteiger partial charge in [0.2, 0.25) is 0 Å². The number of nitrogens with one attached hydrogen (secondary N) is 2. The Kier molecular flexibility index (Phi) is 3.28. The zero-order valence-electron chi connectivity index (χ0n) is 10.7. The molecule has 0 saturated heterocycles. The van der Waals surface area contributed by atoms with Crippen molar-refractivity contribution in [2.45, 2.75) is 6.54 Å². The van der Waals surface area contributed by atoms with Gasteiger partial charge in [-0.2, -0.15) is 5.10 Å². The molecule has 1 amide bonds. The molecule has 0 unspecified atom stereocenters. The molecule has 2 heterocycles. The fraction of sp³-hybridized carbons (Fsp3) is 0.0714. The van der Waals surface area contributed by atoms with Crippen molar-refractivity contribution in [1.82, 2.24) is 25.1 Å². The van der Waals surface area contributed by atoms with E-state index in [-0.39, 0.29) is 5.91 Å². The third-order valence-corrected chi connectivity index (χ3v) is 2.91. The fourth-order valence-corrected chi connectivity index (χ4v) is 1.90. The highest BCUT2D eigenvalue weighted by Crippen LogP contribution is 2.10. The molecule has 0 bridgehead atoms. The van der Waals surface area contributed by atoms with Gasteiger partial charge < -0.3 is 5.32 Å². The summed E-state index contributed by atoms with van der Waals surface area (Å²) < 4.78 is 1.75. The molecule has 3 rings (SSSR count). The van der Waals surface area contributed by atoms with Crippen LogP contribution in [0.5, 0.6) is 0 Å². The first kappa shape index (κ1) is 12.2. The van der Waals surface area contributed by atoms with E-state index in [0.29, 0.717) is 12.2 Å². The van der Waals surface area contributed by atoms with E-state index in [1.54, 1.807) is 29.5 Å². The quantitative estimate of drug-likeness (QED) is 0.752. The second kappa shape index (κ2) is 5.40. The third-order valence-electron chi connectivity index (χ3n) is 2.91. The van der Waals surface area contributed by atoms with Gasteiger partial charge >= 0.3 is 0 Å². The number of rotatable bonds is 4. The minimum Gasteiger partial charge on any atom is -0.347 e. The van der Waals surface area contributed by atoms with Crippen molar-refractivity contribution in [2.75, 3.05) is 0 Å². The molecule has 0 saturated carbocycles. The van der Waals surface area contributed by atoms with E-state index in [9.17, 15) is 4.79 Å². The van der Waals surface area contributed by atoms with Gasteiger partial charge in [0.05, 0.1) is 18.7 Å². The SMILES string of the molecule is O=C(NCc1cn[nH]c1)c1cncn1-c1ccccc1. The minimum absolute atomic E-state index is 0.174. The van der Waals surface area contributed by atoms with Crippen LogP contribution in [0.25, 0.3) is 5.69 Å². The molecule has 0 fully saturated rings. The summed E-state index contributed by atoms with van der Waals surface area (Å²) in [5.41, 5.74) is 2.32. The molecule has 0 aliphatic heterocycles. The van der Waals surface area contributed by atoms with E-state index < -0.39 is 0 Å². The number of hydrogen-bond acceptors (Lipinski definition) is 3. The number of carbonyl (C=O) groups is 1. The van der Waals surface area contributed by atoms with E-state index in [2.05, 4.69) is 20.5 Å². The molecule has 1 aromatic carbocycles. The largest absolute Gasteiger partial charge is 0.347 e. The number of aromatic nitrogens is 4. The maximum absolute atomic E-state index is 12.2. The number of hydrogen-bond donors (Lipinski definition) is 2. The van der Waals surface area contributed by atoms with Gasteiger partial charge in [-0.3, -0.25) is 14.5 Å². The number of aromatic amines is 1. The molecular formula is C14H13N5O. The summed E-state index contributed by atoms with van der Waals surface area (Å²) in [7, 11) is 0. The van der Waals surface area contributed by atoms with Crippen LogP contribution in [0.4, 0.5) is 0 Å². The van der Waals surface area contributed by atoms with E-state index in [1.807, 2.05) is 30.3 Å². The Morgan fingerprint density at radius 3 is 2.85 bits per heavy atom. The van der Waals surface area contributed by atoms with Crippen molar-refractivity contribution in [3.8, 4) is 5.69 Å². The van der Waals surface area contributed by atoms with Crippen molar-refractivity contribution < 1.29 is 4.79 Å². The van der Waals surface area contributed by atoms with Crippen LogP contribution in [0.15, 0.2) is 55.2 Å². The van der Waals surface area contributed by atoms with E-state index in [1.165, 1.54) is 0 Å². The van der Waals surface area contributed by atoms with Gasteiger partial charge in [0, 0.05) is 24.0 Å². The summed E-state index contributed by atoms with van der Waals surface area (Å²) in [5, 5.41) is 9.38. The number of imidazole rings is 1. The Bertz CT molecular complexity index is 687. The van der Waals surface area contributed by atoms with Crippen LogP contribution in [0, 0.1) is 0 Å². The molecule has 0 spiro atoms. The number of benzene rings is 1. The molecule has 2 N–H and O–H groups in total. The Morgan fingerprint density at radius 2 is 2.10 bits per heavy atom. The van der Waals surface area contributed by atoms with Gasteiger partial charge in [-0.1, -0.05) is 18.2 Å². The van der Waals surface area contributed by atoms with Crippen LogP contribution in [0.2, 0.25) is 0 Å². The van der Waals surface area contributed by atoms with Crippen LogP contribution >= 0.6 is 0 Å². The summed E-state index contributed by atoms with van der Waals surface area (Å²) >= 11 is 0. The lowest BCUT2D eigenvalue weighted by Crippen LogP contribution is -2.24. The highest BCUT2D eigenvalue weighted by Gasteiger charge is 2.12. The van der Waals surface area contributed by atoms with Crippen molar-refractivity contribution in [3.05, 3.63) is 66.5 Å². The van der Waals surface area contributed by atoms with Crippen LogP contribution in [-0.2, 0) is 6.54 Å². The van der Waals surface area contributed by atoms with Crippen LogP contribution in [0.1, 0.15) is 16.1 Å². The maximum Gasteiger partial charge on any atom is 0.270 e. The molecule has 3 aromatic rings. The second-order valence-corrected chi connectivity index (χ2v) is 4.27. The van der Waals surface area contributed by atoms with Gasteiger partial charge in [0.1, 0.15) is 5.69 Å². The van der Waals surface area contributed by atoms with Gasteiger partial charge in [-0.15, -0.1) is 0 Å². The van der Waals surface area contributed by atoms with Crippen molar-refractivity contribution in [3.63, 3.8) is 0 Å². The lowest BCUT2D eigenvalue weighted by molar-refractivity contribution is 0.0944. The highest BCUT2D eigenvalue weighted by atomic mass is 16.1. The molecule has 0 atom stereocenters. The van der Waals surface area contributed by atoms with E-state index in [4.69, 9.17) is 0 Å². The highest BCUT2D eigenvalue weighted by molar-refractivity contribution is 5.92. The first-order chi connectivity index (χ1) is 9.84. The molecule has 6 heteroatoms. The molecule has 20 heavy (non-hydrogen) atoms. The minimum atomic E-state index is -0.174. The first-order valence-electron chi connectivity index (χ1n) is 6.18. The molecule has 0 aliphatic rings. The van der Waals surface area contributed by atoms with Crippen LogP contribution in [0.3, 0.4) is 0 Å². The molecule has 2 aromatic heterocycles. The second-order valence-electron chi connectivity index (χ2n) is 4.27. The summed E-state index contributed by atoms with van der Waals surface area (Å²) in [6.45, 7) is 0.426. The van der Waals surface area contributed by atoms with Gasteiger partial charge in [0.25, 0.3) is 5.91 Å². The Balaban J connectivity index is 1.77. The number of amides is 1. The van der Waals surface area contributed by atoms with Gasteiger partial charge in [-0.25, -0.2) is 4.98 Å². The average Bonchev–Trinajstić information content (AvgIpc) is 3.17. The molecular weight excluding hydrogens is 254 g/mol. The van der Waals surface area contributed by atoms with Gasteiger partial charge in [-0.05, 0) is 12.1 Å². The number of nitrogens with zero attached hydrogens (tertiary/aromatic N) is 3. The summed E-state index contributed by atoms with van der Waals surface area (Å²) in [5.74, 6) is -0.174. The third kappa shape index (κ3) is 2.44. The van der Waals surface area contributed by atoms with E-state index >= 15 is 0 Å². The first-order valence-corrected chi connectivity index (χ1v) is 6.18. The van der Waals surface area contributed by atoms with Crippen molar-refractivity contribution >= 4 is 5.91 Å². The molecule has 0 aliphatic carbocycles. The number of H-pyrrole nitrogens is 1. The van der Waals surface area contributed by atoms with E-state index in [0.717, 1.165) is 11.3 Å². The Hall–Kier alpha value is -2.89. The van der Waals surface area contributed by atoms with Crippen LogP contribution in [-0.4, -0.2) is 25.7 Å². The fourth-order valence-electron chi connectivity index (χ4n) is 1.90. The average molecular weight is 267 g/mol. The zero-order valence-corrected chi connectivity index (χ0v) is 10.7. The summed E-state index contributed by atoms with van der Waals surface area (Å²) in [6, 6.07) is 9.62. The Morgan fingerprint density at radius 1 is 1.25 bits per heavy atom. The lowest BCUT2D eigenvalue weighted by atomic mass is 10.3. The number of para-hydroxylation sites is 1. The predicted molar refractivity (Wildman–Crippen MR) is 73.3 cm³/mol. The monoisotopic (exact) mass is 267 g/mol. The molecule has 0 radical (unpaired) electrons. The zero-order chi connectivity index (χ0) is 13.8. The number of carbonyl (C=O) groups excluding carboxylic acids is 1. The lowest BCUT2D eigenvalue weighted by Gasteiger charge is -2.08. The topological polar surface area (TPSA) is 75.6 Å². The smallest absolute Gasteiger partial charge is 0.270 e. The summed E-state index contributed by atoms with van der Waals surface area (Å²) in [4.78, 5) is 16.2. The normalized spacial score (nSPS) is 10.4. The Labute approximate surface area is 115 Å². The standard InChI is InChI=1S/C14H13N5O/c20-14(16-6-11-7-17-18-8-11)13-9-15-10-19(13)12-4-2-1-3-5-12/h1-5,7-10H,6H2,(H,16,20)(H,17,18). The van der Waals surface area contributed by atoms with Crippen LogP contribution < -0.4 is 5.32 Å². The summed E-state index contributed by atoms with van der Waals surface area (Å²) in [6.07, 6.45) is 6.60. The molecule has 100 valence electrons. The van der Waals surface area contributed by atoms with Crippen molar-refractivity contribution in [1.29, 1.82) is 0 Å². The predicted octanol–water partition coefficient (Wildman–Crippen LogP) is 1.53. The maximum atomic E-state index is 12.2. The molecule has 6 nitrogen and oxygen atoms in total. The van der Waals surface area contributed by atoms with Crippen molar-refractivity contribution in [2.24, 2.45) is 0 Å².